The molecule has 1 rings (SSSR count). The summed E-state index contributed by atoms with van der Waals surface area (Å²) in [5, 5.41) is 0. The molecule has 1 heterocycles. The molecule has 0 saturated heterocycles. The molecule has 0 bridgehead atoms. The van der Waals surface area contributed by atoms with Crippen molar-refractivity contribution >= 4 is 49.0 Å². The number of hydrogen-bond acceptors (Lipinski definition) is 5. The number of aliphatic imine (C=N–C) groups is 2. The minimum Gasteiger partial charge on any atom is -0.292 e. The van der Waals surface area contributed by atoms with Gasteiger partial charge in [0.25, 0.3) is 0 Å². The second-order valence-electron chi connectivity index (χ2n) is 4.32. The van der Waals surface area contributed by atoms with Gasteiger partial charge in [-0.25, -0.2) is 0 Å². The van der Waals surface area contributed by atoms with Gasteiger partial charge in [0.2, 0.25) is 0 Å². The molecule has 106 valence electrons. The first kappa shape index (κ1) is 16.8. The van der Waals surface area contributed by atoms with Crippen LogP contribution in [0.2, 0.25) is 0 Å². The van der Waals surface area contributed by atoms with E-state index in [0.29, 0.717) is 0 Å². The number of unbranched alkanes of at least 4 members (excludes halogenated alkanes) is 2. The Morgan fingerprint density at radius 1 is 0.895 bits per heavy atom. The Morgan fingerprint density at radius 3 is 1.68 bits per heavy atom. The molecule has 0 saturated carbocycles. The standard InChI is InChI=1S/C14H22N2S3/c1-3-5-7-15-9-11-12(10-16-8-6-4-2)14(18)19-13(11)17/h9-10,17-18H,3-8H2,1-2H3. The second-order valence-corrected chi connectivity index (χ2v) is 6.84. The van der Waals surface area contributed by atoms with E-state index in [1.165, 1.54) is 0 Å². The quantitative estimate of drug-likeness (QED) is 0.393. The van der Waals surface area contributed by atoms with Crippen LogP contribution in [0, 0.1) is 0 Å². The van der Waals surface area contributed by atoms with Crippen molar-refractivity contribution in [1.29, 1.82) is 0 Å². The number of rotatable bonds is 8. The van der Waals surface area contributed by atoms with Crippen LogP contribution in [0.25, 0.3) is 0 Å². The number of nitrogens with zero attached hydrogens (tertiary/aromatic N) is 2. The molecule has 0 aromatic carbocycles. The highest BCUT2D eigenvalue weighted by Crippen LogP contribution is 2.32. The summed E-state index contributed by atoms with van der Waals surface area (Å²) in [6, 6.07) is 0. The summed E-state index contributed by atoms with van der Waals surface area (Å²) in [7, 11) is 0. The van der Waals surface area contributed by atoms with Crippen LogP contribution in [0.15, 0.2) is 18.4 Å². The fraction of sp³-hybridized carbons (Fsp3) is 0.571. The van der Waals surface area contributed by atoms with Gasteiger partial charge in [-0.1, -0.05) is 26.7 Å². The lowest BCUT2D eigenvalue weighted by molar-refractivity contribution is 0.809. The Bertz CT molecular complexity index is 398. The summed E-state index contributed by atoms with van der Waals surface area (Å²) in [6.45, 7) is 6.07. The van der Waals surface area contributed by atoms with Crippen molar-refractivity contribution in [2.75, 3.05) is 13.1 Å². The molecule has 0 spiro atoms. The molecule has 0 aliphatic heterocycles. The van der Waals surface area contributed by atoms with E-state index in [1.54, 1.807) is 11.3 Å². The van der Waals surface area contributed by atoms with Crippen LogP contribution in [-0.2, 0) is 0 Å². The first-order valence-corrected chi connectivity index (χ1v) is 8.46. The largest absolute Gasteiger partial charge is 0.292 e. The molecule has 0 amide bonds. The van der Waals surface area contributed by atoms with Crippen LogP contribution in [0.5, 0.6) is 0 Å². The highest BCUT2D eigenvalue weighted by molar-refractivity contribution is 7.86. The van der Waals surface area contributed by atoms with E-state index < -0.39 is 0 Å². The van der Waals surface area contributed by atoms with Crippen LogP contribution < -0.4 is 0 Å². The van der Waals surface area contributed by atoms with Gasteiger partial charge in [0, 0.05) is 36.6 Å². The summed E-state index contributed by atoms with van der Waals surface area (Å²) >= 11 is 10.6. The van der Waals surface area contributed by atoms with Gasteiger partial charge in [-0.2, -0.15) is 0 Å². The molecule has 0 unspecified atom stereocenters. The smallest absolute Gasteiger partial charge is 0.0674 e. The minimum absolute atomic E-state index is 0.869. The van der Waals surface area contributed by atoms with E-state index in [9.17, 15) is 0 Å². The van der Waals surface area contributed by atoms with E-state index in [2.05, 4.69) is 49.1 Å². The van der Waals surface area contributed by atoms with Crippen molar-refractivity contribution in [3.05, 3.63) is 11.1 Å². The van der Waals surface area contributed by atoms with Crippen LogP contribution in [0.1, 0.15) is 50.7 Å². The lowest BCUT2D eigenvalue weighted by atomic mass is 10.2. The lowest BCUT2D eigenvalue weighted by Gasteiger charge is -1.96. The Morgan fingerprint density at radius 2 is 1.32 bits per heavy atom. The Hall–Kier alpha value is -0.260. The predicted octanol–water partition coefficient (Wildman–Crippen LogP) is 4.76. The van der Waals surface area contributed by atoms with E-state index >= 15 is 0 Å². The van der Waals surface area contributed by atoms with Crippen molar-refractivity contribution < 1.29 is 0 Å². The van der Waals surface area contributed by atoms with E-state index in [4.69, 9.17) is 0 Å². The molecule has 0 atom stereocenters. The molecule has 0 fully saturated rings. The predicted molar refractivity (Wildman–Crippen MR) is 93.6 cm³/mol. The molecule has 0 N–H and O–H groups in total. The molecular weight excluding hydrogens is 292 g/mol. The van der Waals surface area contributed by atoms with Gasteiger partial charge in [-0.3, -0.25) is 9.98 Å². The number of thiophene rings is 1. The third kappa shape index (κ3) is 5.71. The molecule has 0 radical (unpaired) electrons. The number of thiol groups is 2. The van der Waals surface area contributed by atoms with Gasteiger partial charge in [0.15, 0.2) is 0 Å². The molecule has 0 aliphatic carbocycles. The SMILES string of the molecule is CCCCN=Cc1c(S)sc(S)c1C=NCCCC. The van der Waals surface area contributed by atoms with Gasteiger partial charge in [-0.05, 0) is 12.8 Å². The van der Waals surface area contributed by atoms with Crippen molar-refractivity contribution in [2.45, 2.75) is 47.9 Å². The van der Waals surface area contributed by atoms with E-state index in [0.717, 1.165) is 58.3 Å². The highest BCUT2D eigenvalue weighted by Gasteiger charge is 2.10. The summed E-state index contributed by atoms with van der Waals surface area (Å²) in [6.07, 6.45) is 8.40. The Labute approximate surface area is 131 Å². The maximum Gasteiger partial charge on any atom is 0.0674 e. The lowest BCUT2D eigenvalue weighted by Crippen LogP contribution is -1.91. The molecule has 1 aromatic heterocycles. The zero-order chi connectivity index (χ0) is 14.1. The highest BCUT2D eigenvalue weighted by atomic mass is 32.2. The molecule has 0 aliphatic rings. The van der Waals surface area contributed by atoms with Crippen LogP contribution in [0.3, 0.4) is 0 Å². The van der Waals surface area contributed by atoms with Crippen LogP contribution in [-0.4, -0.2) is 25.5 Å². The Kier molecular flexibility index (Phi) is 8.50. The average Bonchev–Trinajstić information content (AvgIpc) is 2.65. The zero-order valence-electron chi connectivity index (χ0n) is 11.6. The van der Waals surface area contributed by atoms with E-state index in [-0.39, 0.29) is 0 Å². The van der Waals surface area contributed by atoms with Crippen molar-refractivity contribution in [3.8, 4) is 0 Å². The Balaban J connectivity index is 2.78. The summed E-state index contributed by atoms with van der Waals surface area (Å²) < 4.78 is 1.92. The fourth-order valence-electron chi connectivity index (χ4n) is 1.49. The zero-order valence-corrected chi connectivity index (χ0v) is 14.2. The fourth-order valence-corrected chi connectivity index (χ4v) is 3.34. The molecular formula is C14H22N2S3. The third-order valence-corrected chi connectivity index (χ3v) is 4.52. The average molecular weight is 315 g/mol. The van der Waals surface area contributed by atoms with E-state index in [1.807, 2.05) is 12.4 Å². The maximum atomic E-state index is 4.49. The summed E-state index contributed by atoms with van der Waals surface area (Å²) in [5.74, 6) is 0. The van der Waals surface area contributed by atoms with Crippen molar-refractivity contribution in [1.82, 2.24) is 0 Å². The monoisotopic (exact) mass is 314 g/mol. The molecule has 1 aromatic rings. The molecule has 2 nitrogen and oxygen atoms in total. The minimum atomic E-state index is 0.869. The van der Waals surface area contributed by atoms with Gasteiger partial charge in [0.05, 0.1) is 8.42 Å². The van der Waals surface area contributed by atoms with Gasteiger partial charge < -0.3 is 0 Å². The van der Waals surface area contributed by atoms with Crippen LogP contribution in [0.4, 0.5) is 0 Å². The second kappa shape index (κ2) is 9.61. The van der Waals surface area contributed by atoms with Crippen LogP contribution >= 0.6 is 36.6 Å². The molecule has 5 heteroatoms. The van der Waals surface area contributed by atoms with Gasteiger partial charge >= 0.3 is 0 Å². The van der Waals surface area contributed by atoms with Gasteiger partial charge in [-0.15, -0.1) is 36.6 Å². The topological polar surface area (TPSA) is 24.7 Å². The maximum absolute atomic E-state index is 4.49. The van der Waals surface area contributed by atoms with Gasteiger partial charge in [0.1, 0.15) is 0 Å². The number of hydrogen-bond donors (Lipinski definition) is 2. The first-order chi connectivity index (χ1) is 9.20. The summed E-state index contributed by atoms with van der Waals surface area (Å²) in [5.41, 5.74) is 2.10. The normalized spacial score (nSPS) is 12.0. The van der Waals surface area contributed by atoms with Crippen molar-refractivity contribution in [3.63, 3.8) is 0 Å². The summed E-state index contributed by atoms with van der Waals surface area (Å²) in [4.78, 5) is 8.90. The van der Waals surface area contributed by atoms with Crippen molar-refractivity contribution in [2.24, 2.45) is 9.98 Å². The third-order valence-electron chi connectivity index (χ3n) is 2.67. The molecule has 19 heavy (non-hydrogen) atoms. The first-order valence-electron chi connectivity index (χ1n) is 6.75.